The molecule has 1 aliphatic rings. The lowest BCUT2D eigenvalue weighted by Gasteiger charge is -2.27. The Hall–Kier alpha value is -2.09. The van der Waals surface area contributed by atoms with Gasteiger partial charge in [0.15, 0.2) is 5.16 Å². The number of rotatable bonds is 5. The third-order valence-corrected chi connectivity index (χ3v) is 5.64. The van der Waals surface area contributed by atoms with Crippen molar-refractivity contribution in [1.82, 2.24) is 14.8 Å². The highest BCUT2D eigenvalue weighted by atomic mass is 35.5. The molecule has 0 radical (unpaired) electrons. The Kier molecular flexibility index (Phi) is 5.61. The molecule has 4 rings (SSSR count). The maximum atomic E-state index is 13.9. The predicted molar refractivity (Wildman–Crippen MR) is 105 cm³/mol. The first-order valence-electron chi connectivity index (χ1n) is 8.62. The van der Waals surface area contributed by atoms with Crippen LogP contribution in [0.1, 0.15) is 5.56 Å². The Balaban J connectivity index is 1.68. The van der Waals surface area contributed by atoms with E-state index in [1.165, 1.54) is 23.9 Å². The van der Waals surface area contributed by atoms with E-state index in [-0.39, 0.29) is 5.82 Å². The SMILES string of the molecule is Fc1cccc(-n2c(SCc3ccccc3Cl)nnc2N2CCOCC2)c1. The Morgan fingerprint density at radius 1 is 1.07 bits per heavy atom. The van der Waals surface area contributed by atoms with Crippen LogP contribution in [0.3, 0.4) is 0 Å². The molecule has 3 aromatic rings. The number of aromatic nitrogens is 3. The molecule has 0 N–H and O–H groups in total. The summed E-state index contributed by atoms with van der Waals surface area (Å²) in [4.78, 5) is 2.11. The number of anilines is 1. The molecular weight excluding hydrogens is 387 g/mol. The number of benzene rings is 2. The molecule has 27 heavy (non-hydrogen) atoms. The van der Waals surface area contributed by atoms with Crippen LogP contribution < -0.4 is 4.90 Å². The third kappa shape index (κ3) is 4.10. The number of nitrogens with zero attached hydrogens (tertiary/aromatic N) is 4. The predicted octanol–water partition coefficient (Wildman–Crippen LogP) is 4.19. The van der Waals surface area contributed by atoms with E-state index in [1.807, 2.05) is 34.9 Å². The molecule has 1 aromatic heterocycles. The standard InChI is InChI=1S/C19H18ClFN4OS/c20-17-7-2-1-4-14(17)13-27-19-23-22-18(24-8-10-26-11-9-24)25(19)16-6-3-5-15(21)12-16/h1-7,12H,8-11,13H2. The van der Waals surface area contributed by atoms with E-state index < -0.39 is 0 Å². The minimum atomic E-state index is -0.295. The van der Waals surface area contributed by atoms with Gasteiger partial charge in [-0.25, -0.2) is 4.39 Å². The minimum Gasteiger partial charge on any atom is -0.378 e. The van der Waals surface area contributed by atoms with Crippen LogP contribution in [0.2, 0.25) is 5.02 Å². The van der Waals surface area contributed by atoms with Gasteiger partial charge in [0.2, 0.25) is 5.95 Å². The van der Waals surface area contributed by atoms with Crippen molar-refractivity contribution in [1.29, 1.82) is 0 Å². The van der Waals surface area contributed by atoms with Crippen LogP contribution in [0.4, 0.5) is 10.3 Å². The largest absolute Gasteiger partial charge is 0.378 e. The number of hydrogen-bond donors (Lipinski definition) is 0. The minimum absolute atomic E-state index is 0.295. The maximum absolute atomic E-state index is 13.9. The molecule has 0 aliphatic carbocycles. The third-order valence-electron chi connectivity index (χ3n) is 4.29. The molecule has 1 fully saturated rings. The van der Waals surface area contributed by atoms with E-state index in [4.69, 9.17) is 16.3 Å². The fraction of sp³-hybridized carbons (Fsp3) is 0.263. The number of morpholine rings is 1. The lowest BCUT2D eigenvalue weighted by molar-refractivity contribution is 0.122. The molecule has 140 valence electrons. The average molecular weight is 405 g/mol. The molecule has 1 saturated heterocycles. The summed E-state index contributed by atoms with van der Waals surface area (Å²) in [5.74, 6) is 1.05. The summed E-state index contributed by atoms with van der Waals surface area (Å²) >= 11 is 7.79. The number of ether oxygens (including phenoxy) is 1. The second-order valence-electron chi connectivity index (χ2n) is 6.08. The maximum Gasteiger partial charge on any atom is 0.232 e. The van der Waals surface area contributed by atoms with Crippen molar-refractivity contribution in [2.45, 2.75) is 10.9 Å². The van der Waals surface area contributed by atoms with Crippen LogP contribution in [0.15, 0.2) is 53.7 Å². The zero-order chi connectivity index (χ0) is 18.6. The summed E-state index contributed by atoms with van der Waals surface area (Å²) in [5.41, 5.74) is 1.72. The van der Waals surface area contributed by atoms with Gasteiger partial charge in [0.25, 0.3) is 0 Å². The molecule has 0 spiro atoms. The average Bonchev–Trinajstić information content (AvgIpc) is 3.12. The van der Waals surface area contributed by atoms with Crippen LogP contribution in [-0.2, 0) is 10.5 Å². The monoisotopic (exact) mass is 404 g/mol. The van der Waals surface area contributed by atoms with Crippen molar-refractivity contribution >= 4 is 29.3 Å². The smallest absolute Gasteiger partial charge is 0.232 e. The molecule has 0 unspecified atom stereocenters. The van der Waals surface area contributed by atoms with E-state index in [0.717, 1.165) is 23.7 Å². The Morgan fingerprint density at radius 3 is 2.67 bits per heavy atom. The second kappa shape index (κ2) is 8.29. The summed E-state index contributed by atoms with van der Waals surface area (Å²) in [6.07, 6.45) is 0. The van der Waals surface area contributed by atoms with Gasteiger partial charge in [-0.3, -0.25) is 4.57 Å². The highest BCUT2D eigenvalue weighted by Gasteiger charge is 2.22. The van der Waals surface area contributed by atoms with Crippen molar-refractivity contribution in [3.63, 3.8) is 0 Å². The molecule has 5 nitrogen and oxygen atoms in total. The zero-order valence-electron chi connectivity index (χ0n) is 14.5. The first-order chi connectivity index (χ1) is 13.2. The van der Waals surface area contributed by atoms with Gasteiger partial charge in [0.05, 0.1) is 18.9 Å². The molecule has 0 amide bonds. The van der Waals surface area contributed by atoms with Crippen molar-refractivity contribution in [3.8, 4) is 5.69 Å². The number of thioether (sulfide) groups is 1. The molecule has 0 atom stereocenters. The van der Waals surface area contributed by atoms with E-state index >= 15 is 0 Å². The number of halogens is 2. The summed E-state index contributed by atoms with van der Waals surface area (Å²) in [6.45, 7) is 2.72. The lowest BCUT2D eigenvalue weighted by atomic mass is 10.2. The van der Waals surface area contributed by atoms with E-state index in [0.29, 0.717) is 35.8 Å². The fourth-order valence-corrected chi connectivity index (χ4v) is 4.16. The van der Waals surface area contributed by atoms with Crippen molar-refractivity contribution in [3.05, 3.63) is 64.9 Å². The fourth-order valence-electron chi connectivity index (χ4n) is 2.92. The summed E-state index contributed by atoms with van der Waals surface area (Å²) < 4.78 is 21.2. The van der Waals surface area contributed by atoms with Crippen LogP contribution >= 0.6 is 23.4 Å². The van der Waals surface area contributed by atoms with Crippen molar-refractivity contribution in [2.75, 3.05) is 31.2 Å². The molecule has 0 saturated carbocycles. The van der Waals surface area contributed by atoms with Crippen molar-refractivity contribution in [2.24, 2.45) is 0 Å². The second-order valence-corrected chi connectivity index (χ2v) is 7.43. The van der Waals surface area contributed by atoms with Gasteiger partial charge < -0.3 is 9.64 Å². The summed E-state index contributed by atoms with van der Waals surface area (Å²) in [5, 5.41) is 10.2. The van der Waals surface area contributed by atoms with Crippen molar-refractivity contribution < 1.29 is 9.13 Å². The summed E-state index contributed by atoms with van der Waals surface area (Å²) in [7, 11) is 0. The highest BCUT2D eigenvalue weighted by Crippen LogP contribution is 2.31. The van der Waals surface area contributed by atoms with Gasteiger partial charge in [0, 0.05) is 23.9 Å². The Morgan fingerprint density at radius 2 is 1.89 bits per heavy atom. The van der Waals surface area contributed by atoms with Gasteiger partial charge in [-0.05, 0) is 29.8 Å². The summed E-state index contributed by atoms with van der Waals surface area (Å²) in [6, 6.07) is 14.2. The topological polar surface area (TPSA) is 43.2 Å². The Labute approximate surface area is 166 Å². The first-order valence-corrected chi connectivity index (χ1v) is 9.99. The van der Waals surface area contributed by atoms with Gasteiger partial charge in [-0.2, -0.15) is 0 Å². The van der Waals surface area contributed by atoms with Crippen LogP contribution in [0, 0.1) is 5.82 Å². The van der Waals surface area contributed by atoms with E-state index in [9.17, 15) is 4.39 Å². The quantitative estimate of drug-likeness (QED) is 0.596. The lowest BCUT2D eigenvalue weighted by Crippen LogP contribution is -2.37. The van der Waals surface area contributed by atoms with Crippen LogP contribution in [-0.4, -0.2) is 41.1 Å². The highest BCUT2D eigenvalue weighted by molar-refractivity contribution is 7.98. The van der Waals surface area contributed by atoms with Gasteiger partial charge in [-0.1, -0.05) is 47.6 Å². The van der Waals surface area contributed by atoms with Gasteiger partial charge in [-0.15, -0.1) is 10.2 Å². The molecule has 1 aliphatic heterocycles. The molecule has 0 bridgehead atoms. The Bertz CT molecular complexity index is 930. The first kappa shape index (κ1) is 18.3. The zero-order valence-corrected chi connectivity index (χ0v) is 16.1. The molecule has 2 aromatic carbocycles. The van der Waals surface area contributed by atoms with Gasteiger partial charge >= 0.3 is 0 Å². The molecular formula is C19H18ClFN4OS. The number of hydrogen-bond acceptors (Lipinski definition) is 5. The van der Waals surface area contributed by atoms with E-state index in [2.05, 4.69) is 15.1 Å². The van der Waals surface area contributed by atoms with Crippen LogP contribution in [0.5, 0.6) is 0 Å². The van der Waals surface area contributed by atoms with E-state index in [1.54, 1.807) is 6.07 Å². The molecule has 8 heteroatoms. The molecule has 2 heterocycles. The van der Waals surface area contributed by atoms with Gasteiger partial charge in [0.1, 0.15) is 5.82 Å². The normalized spacial score (nSPS) is 14.5. The van der Waals surface area contributed by atoms with Crippen LogP contribution in [0.25, 0.3) is 5.69 Å².